The van der Waals surface area contributed by atoms with Crippen LogP contribution >= 0.6 is 0 Å². The second-order valence-electron chi connectivity index (χ2n) is 5.52. The van der Waals surface area contributed by atoms with Crippen LogP contribution in [0.2, 0.25) is 0 Å². The molecule has 0 N–H and O–H groups in total. The normalized spacial score (nSPS) is 27.2. The lowest BCUT2D eigenvalue weighted by atomic mass is 9.97. The SMILES string of the molecule is Cc1ccc(S(=O)(=O)N2CC=CC3COCC3C2)cc1. The van der Waals surface area contributed by atoms with E-state index < -0.39 is 10.0 Å². The van der Waals surface area contributed by atoms with E-state index in [2.05, 4.69) is 6.08 Å². The first-order chi connectivity index (χ1) is 9.57. The van der Waals surface area contributed by atoms with Crippen LogP contribution in [0.15, 0.2) is 41.3 Å². The van der Waals surface area contributed by atoms with Gasteiger partial charge in [0, 0.05) is 24.9 Å². The first-order valence-corrected chi connectivity index (χ1v) is 8.32. The number of hydrogen-bond donors (Lipinski definition) is 0. The van der Waals surface area contributed by atoms with Gasteiger partial charge in [-0.2, -0.15) is 4.31 Å². The largest absolute Gasteiger partial charge is 0.380 e. The van der Waals surface area contributed by atoms with Crippen LogP contribution in [0, 0.1) is 18.8 Å². The zero-order valence-electron chi connectivity index (χ0n) is 11.5. The summed E-state index contributed by atoms with van der Waals surface area (Å²) in [6, 6.07) is 7.04. The second kappa shape index (κ2) is 5.31. The van der Waals surface area contributed by atoms with Gasteiger partial charge in [-0.1, -0.05) is 29.8 Å². The van der Waals surface area contributed by atoms with Crippen LogP contribution in [0.1, 0.15) is 5.56 Å². The van der Waals surface area contributed by atoms with Crippen molar-refractivity contribution in [2.45, 2.75) is 11.8 Å². The van der Waals surface area contributed by atoms with Gasteiger partial charge in [-0.3, -0.25) is 0 Å². The summed E-state index contributed by atoms with van der Waals surface area (Å²) in [5.74, 6) is 0.627. The first kappa shape index (κ1) is 13.8. The number of benzene rings is 1. The van der Waals surface area contributed by atoms with Crippen LogP contribution < -0.4 is 0 Å². The van der Waals surface area contributed by atoms with E-state index in [1.54, 1.807) is 16.4 Å². The molecule has 2 aliphatic heterocycles. The van der Waals surface area contributed by atoms with Gasteiger partial charge in [0.1, 0.15) is 0 Å². The molecule has 2 unspecified atom stereocenters. The molecule has 0 saturated carbocycles. The Morgan fingerprint density at radius 3 is 2.70 bits per heavy atom. The minimum absolute atomic E-state index is 0.272. The summed E-state index contributed by atoms with van der Waals surface area (Å²) >= 11 is 0. The second-order valence-corrected chi connectivity index (χ2v) is 7.46. The van der Waals surface area contributed by atoms with E-state index in [-0.39, 0.29) is 5.92 Å². The Bertz CT molecular complexity index is 607. The number of hydrogen-bond acceptors (Lipinski definition) is 3. The molecule has 108 valence electrons. The van der Waals surface area contributed by atoms with E-state index in [0.717, 1.165) is 5.56 Å². The Labute approximate surface area is 120 Å². The predicted molar refractivity (Wildman–Crippen MR) is 76.9 cm³/mol. The highest BCUT2D eigenvalue weighted by molar-refractivity contribution is 7.89. The molecule has 20 heavy (non-hydrogen) atoms. The van der Waals surface area contributed by atoms with Gasteiger partial charge in [0.15, 0.2) is 0 Å². The fraction of sp³-hybridized carbons (Fsp3) is 0.467. The topological polar surface area (TPSA) is 46.6 Å². The first-order valence-electron chi connectivity index (χ1n) is 6.88. The highest BCUT2D eigenvalue weighted by Gasteiger charge is 2.34. The number of ether oxygens (including phenoxy) is 1. The molecule has 3 rings (SSSR count). The molecule has 1 saturated heterocycles. The molecule has 0 spiro atoms. The van der Waals surface area contributed by atoms with Crippen LogP contribution in [0.4, 0.5) is 0 Å². The Hall–Kier alpha value is -1.17. The van der Waals surface area contributed by atoms with E-state index in [4.69, 9.17) is 4.74 Å². The van der Waals surface area contributed by atoms with E-state index in [1.165, 1.54) is 0 Å². The summed E-state index contributed by atoms with van der Waals surface area (Å²) in [5.41, 5.74) is 1.06. The molecule has 1 fully saturated rings. The quantitative estimate of drug-likeness (QED) is 0.781. The minimum Gasteiger partial charge on any atom is -0.380 e. The number of fused-ring (bicyclic) bond motifs is 1. The Morgan fingerprint density at radius 2 is 1.95 bits per heavy atom. The number of rotatable bonds is 2. The smallest absolute Gasteiger partial charge is 0.243 e. The van der Waals surface area contributed by atoms with E-state index in [1.807, 2.05) is 25.1 Å². The fourth-order valence-electron chi connectivity index (χ4n) is 2.76. The predicted octanol–water partition coefficient (Wildman–Crippen LogP) is 1.82. The van der Waals surface area contributed by atoms with Gasteiger partial charge in [-0.15, -0.1) is 0 Å². The van der Waals surface area contributed by atoms with Gasteiger partial charge in [-0.05, 0) is 19.1 Å². The van der Waals surface area contributed by atoms with E-state index in [9.17, 15) is 8.42 Å². The summed E-state index contributed by atoms with van der Waals surface area (Å²) in [5, 5.41) is 0. The maximum absolute atomic E-state index is 12.7. The monoisotopic (exact) mass is 293 g/mol. The molecule has 0 radical (unpaired) electrons. The third kappa shape index (κ3) is 2.53. The molecule has 0 amide bonds. The molecule has 0 aliphatic carbocycles. The van der Waals surface area contributed by atoms with E-state index >= 15 is 0 Å². The van der Waals surface area contributed by atoms with Crippen molar-refractivity contribution >= 4 is 10.0 Å². The van der Waals surface area contributed by atoms with Crippen molar-refractivity contribution in [1.29, 1.82) is 0 Å². The van der Waals surface area contributed by atoms with Gasteiger partial charge >= 0.3 is 0 Å². The molecular formula is C15H19NO3S. The molecular weight excluding hydrogens is 274 g/mol. The van der Waals surface area contributed by atoms with Gasteiger partial charge in [0.2, 0.25) is 10.0 Å². The van der Waals surface area contributed by atoms with Crippen LogP contribution in [-0.2, 0) is 14.8 Å². The average Bonchev–Trinajstić information content (AvgIpc) is 2.76. The third-order valence-electron chi connectivity index (χ3n) is 4.04. The van der Waals surface area contributed by atoms with Gasteiger partial charge in [0.25, 0.3) is 0 Å². The lowest BCUT2D eigenvalue weighted by Gasteiger charge is -2.23. The van der Waals surface area contributed by atoms with Crippen LogP contribution in [-0.4, -0.2) is 39.0 Å². The zero-order valence-corrected chi connectivity index (χ0v) is 12.3. The molecule has 2 atom stereocenters. The lowest BCUT2D eigenvalue weighted by Crippen LogP contribution is -2.36. The number of aryl methyl sites for hydroxylation is 1. The minimum atomic E-state index is -3.41. The average molecular weight is 293 g/mol. The van der Waals surface area contributed by atoms with Gasteiger partial charge in [0.05, 0.1) is 18.1 Å². The van der Waals surface area contributed by atoms with Crippen LogP contribution in [0.25, 0.3) is 0 Å². The molecule has 0 aromatic heterocycles. The number of sulfonamides is 1. The van der Waals surface area contributed by atoms with Gasteiger partial charge < -0.3 is 4.74 Å². The van der Waals surface area contributed by atoms with Crippen molar-refractivity contribution in [3.8, 4) is 0 Å². The summed E-state index contributed by atoms with van der Waals surface area (Å²) in [6.45, 7) is 4.29. The Kier molecular flexibility index (Phi) is 3.67. The lowest BCUT2D eigenvalue weighted by molar-refractivity contribution is 0.179. The molecule has 2 aliphatic rings. The summed E-state index contributed by atoms with van der Waals surface area (Å²) in [4.78, 5) is 0.369. The molecule has 1 aromatic carbocycles. The molecule has 2 heterocycles. The standard InChI is InChI=1S/C15H19NO3S/c1-12-4-6-15(7-5-12)20(17,18)16-8-2-3-13-10-19-11-14(13)9-16/h2-7,13-14H,8-11H2,1H3. The summed E-state index contributed by atoms with van der Waals surface area (Å²) in [6.07, 6.45) is 4.05. The molecule has 4 nitrogen and oxygen atoms in total. The van der Waals surface area contributed by atoms with Crippen molar-refractivity contribution in [3.63, 3.8) is 0 Å². The Morgan fingerprint density at radius 1 is 1.20 bits per heavy atom. The molecule has 1 aromatic rings. The van der Waals surface area contributed by atoms with Crippen LogP contribution in [0.5, 0.6) is 0 Å². The summed E-state index contributed by atoms with van der Waals surface area (Å²) < 4.78 is 32.4. The van der Waals surface area contributed by atoms with Gasteiger partial charge in [-0.25, -0.2) is 8.42 Å². The molecule has 0 bridgehead atoms. The summed E-state index contributed by atoms with van der Waals surface area (Å²) in [7, 11) is -3.41. The van der Waals surface area contributed by atoms with E-state index in [0.29, 0.717) is 37.1 Å². The fourth-order valence-corrected chi connectivity index (χ4v) is 4.21. The van der Waals surface area contributed by atoms with Crippen LogP contribution in [0.3, 0.4) is 0 Å². The Balaban J connectivity index is 1.87. The third-order valence-corrected chi connectivity index (χ3v) is 5.88. The maximum Gasteiger partial charge on any atom is 0.243 e. The highest BCUT2D eigenvalue weighted by atomic mass is 32.2. The van der Waals surface area contributed by atoms with Crippen molar-refractivity contribution in [2.75, 3.05) is 26.3 Å². The van der Waals surface area contributed by atoms with Crippen molar-refractivity contribution in [1.82, 2.24) is 4.31 Å². The van der Waals surface area contributed by atoms with Crippen molar-refractivity contribution in [3.05, 3.63) is 42.0 Å². The maximum atomic E-state index is 12.7. The highest BCUT2D eigenvalue weighted by Crippen LogP contribution is 2.28. The molecule has 5 heteroatoms. The number of nitrogens with zero attached hydrogens (tertiary/aromatic N) is 1. The zero-order chi connectivity index (χ0) is 14.2. The van der Waals surface area contributed by atoms with Crippen molar-refractivity contribution < 1.29 is 13.2 Å². The van der Waals surface area contributed by atoms with Crippen molar-refractivity contribution in [2.24, 2.45) is 11.8 Å².